The molecule has 0 saturated heterocycles. The van der Waals surface area contributed by atoms with Gasteiger partial charge < -0.3 is 9.84 Å². The van der Waals surface area contributed by atoms with E-state index < -0.39 is 0 Å². The summed E-state index contributed by atoms with van der Waals surface area (Å²) in [5, 5.41) is 18.4. The van der Waals surface area contributed by atoms with Gasteiger partial charge in [-0.15, -0.1) is 0 Å². The van der Waals surface area contributed by atoms with Crippen molar-refractivity contribution < 1.29 is 9.84 Å². The van der Waals surface area contributed by atoms with Gasteiger partial charge in [0.2, 0.25) is 0 Å². The molecule has 0 aliphatic carbocycles. The summed E-state index contributed by atoms with van der Waals surface area (Å²) in [6.07, 6.45) is 1.55. The van der Waals surface area contributed by atoms with Crippen LogP contribution in [0.25, 0.3) is 0 Å². The first-order chi connectivity index (χ1) is 9.22. The molecule has 4 nitrogen and oxygen atoms in total. The van der Waals surface area contributed by atoms with Crippen LogP contribution in [0.4, 0.5) is 5.69 Å². The van der Waals surface area contributed by atoms with Crippen molar-refractivity contribution in [2.24, 2.45) is 4.99 Å². The molecule has 0 amide bonds. The largest absolute Gasteiger partial charge is 0.507 e. The van der Waals surface area contributed by atoms with Gasteiger partial charge in [0.25, 0.3) is 0 Å². The van der Waals surface area contributed by atoms with Crippen LogP contribution in [0.5, 0.6) is 11.5 Å². The Hall–Kier alpha value is -2.80. The number of nitriles is 1. The zero-order valence-corrected chi connectivity index (χ0v) is 10.4. The number of hydrogen-bond donors (Lipinski definition) is 1. The van der Waals surface area contributed by atoms with Crippen LogP contribution in [0.3, 0.4) is 0 Å². The van der Waals surface area contributed by atoms with Crippen LogP contribution in [-0.4, -0.2) is 18.4 Å². The minimum atomic E-state index is 0.137. The molecule has 0 unspecified atom stereocenters. The normalized spacial score (nSPS) is 10.3. The third-order valence-electron chi connectivity index (χ3n) is 2.58. The molecular formula is C15H12N2O2. The Bertz CT molecular complexity index is 640. The van der Waals surface area contributed by atoms with E-state index in [9.17, 15) is 5.11 Å². The SMILES string of the molecule is COc1ccc(O)c(C=Nc2ccc(C#N)cc2)c1. The summed E-state index contributed by atoms with van der Waals surface area (Å²) in [5.74, 6) is 0.789. The zero-order chi connectivity index (χ0) is 13.7. The van der Waals surface area contributed by atoms with Crippen molar-refractivity contribution in [2.45, 2.75) is 0 Å². The summed E-state index contributed by atoms with van der Waals surface area (Å²) in [7, 11) is 1.56. The van der Waals surface area contributed by atoms with Crippen molar-refractivity contribution in [1.82, 2.24) is 0 Å². The van der Waals surface area contributed by atoms with E-state index in [0.717, 1.165) is 0 Å². The Morgan fingerprint density at radius 1 is 1.21 bits per heavy atom. The second-order valence-corrected chi connectivity index (χ2v) is 3.84. The van der Waals surface area contributed by atoms with Crippen molar-refractivity contribution in [3.05, 3.63) is 53.6 Å². The minimum absolute atomic E-state index is 0.137. The molecule has 0 aliphatic rings. The Labute approximate surface area is 111 Å². The first-order valence-electron chi connectivity index (χ1n) is 5.64. The Morgan fingerprint density at radius 3 is 2.58 bits per heavy atom. The van der Waals surface area contributed by atoms with E-state index >= 15 is 0 Å². The van der Waals surface area contributed by atoms with Crippen LogP contribution in [0.2, 0.25) is 0 Å². The van der Waals surface area contributed by atoms with Gasteiger partial charge in [-0.25, -0.2) is 0 Å². The lowest BCUT2D eigenvalue weighted by atomic mass is 10.2. The number of phenolic OH excluding ortho intramolecular Hbond substituents is 1. The fraction of sp³-hybridized carbons (Fsp3) is 0.0667. The molecule has 2 aromatic carbocycles. The van der Waals surface area contributed by atoms with E-state index in [1.54, 1.807) is 55.8 Å². The van der Waals surface area contributed by atoms with E-state index in [4.69, 9.17) is 10.00 Å². The quantitative estimate of drug-likeness (QED) is 0.854. The Balaban J connectivity index is 2.24. The van der Waals surface area contributed by atoms with Gasteiger partial charge in [0, 0.05) is 11.8 Å². The summed E-state index contributed by atoms with van der Waals surface area (Å²) in [5.41, 5.74) is 1.87. The summed E-state index contributed by atoms with van der Waals surface area (Å²) < 4.78 is 5.08. The van der Waals surface area contributed by atoms with Crippen molar-refractivity contribution >= 4 is 11.9 Å². The third kappa shape index (κ3) is 3.11. The van der Waals surface area contributed by atoms with E-state index in [1.807, 2.05) is 6.07 Å². The van der Waals surface area contributed by atoms with Gasteiger partial charge >= 0.3 is 0 Å². The van der Waals surface area contributed by atoms with Crippen molar-refractivity contribution in [3.63, 3.8) is 0 Å². The highest BCUT2D eigenvalue weighted by molar-refractivity contribution is 5.85. The van der Waals surface area contributed by atoms with Crippen LogP contribution in [0.15, 0.2) is 47.5 Å². The van der Waals surface area contributed by atoms with Crippen molar-refractivity contribution in [1.29, 1.82) is 5.26 Å². The number of methoxy groups -OCH3 is 1. The number of phenols is 1. The van der Waals surface area contributed by atoms with Gasteiger partial charge in [0.15, 0.2) is 0 Å². The predicted octanol–water partition coefficient (Wildman–Crippen LogP) is 3.02. The van der Waals surface area contributed by atoms with Crippen molar-refractivity contribution in [2.75, 3.05) is 7.11 Å². The number of benzene rings is 2. The maximum absolute atomic E-state index is 9.70. The molecule has 0 radical (unpaired) electrons. The average molecular weight is 252 g/mol. The second-order valence-electron chi connectivity index (χ2n) is 3.84. The topological polar surface area (TPSA) is 65.6 Å². The minimum Gasteiger partial charge on any atom is -0.507 e. The van der Waals surface area contributed by atoms with E-state index in [0.29, 0.717) is 22.6 Å². The molecule has 1 N–H and O–H groups in total. The Morgan fingerprint density at radius 2 is 1.95 bits per heavy atom. The first kappa shape index (κ1) is 12.7. The third-order valence-corrected chi connectivity index (χ3v) is 2.58. The van der Waals surface area contributed by atoms with Crippen LogP contribution >= 0.6 is 0 Å². The molecule has 0 atom stereocenters. The summed E-state index contributed by atoms with van der Waals surface area (Å²) >= 11 is 0. The van der Waals surface area contributed by atoms with Crippen LogP contribution < -0.4 is 4.74 Å². The molecular weight excluding hydrogens is 240 g/mol. The fourth-order valence-corrected chi connectivity index (χ4v) is 1.53. The van der Waals surface area contributed by atoms with Gasteiger partial charge in [-0.3, -0.25) is 4.99 Å². The lowest BCUT2D eigenvalue weighted by Crippen LogP contribution is -1.87. The Kier molecular flexibility index (Phi) is 3.79. The predicted molar refractivity (Wildman–Crippen MR) is 73.1 cm³/mol. The van der Waals surface area contributed by atoms with Gasteiger partial charge in [-0.05, 0) is 42.5 Å². The highest BCUT2D eigenvalue weighted by atomic mass is 16.5. The molecule has 19 heavy (non-hydrogen) atoms. The monoisotopic (exact) mass is 252 g/mol. The second kappa shape index (κ2) is 5.69. The van der Waals surface area contributed by atoms with Crippen molar-refractivity contribution in [3.8, 4) is 17.6 Å². The molecule has 0 bridgehead atoms. The molecule has 0 spiro atoms. The molecule has 94 valence electrons. The summed E-state index contributed by atoms with van der Waals surface area (Å²) in [6.45, 7) is 0. The highest BCUT2D eigenvalue weighted by Gasteiger charge is 2.00. The lowest BCUT2D eigenvalue weighted by molar-refractivity contribution is 0.412. The highest BCUT2D eigenvalue weighted by Crippen LogP contribution is 2.22. The molecule has 0 aliphatic heterocycles. The molecule has 0 saturated carbocycles. The number of ether oxygens (including phenoxy) is 1. The molecule has 0 heterocycles. The molecule has 0 fully saturated rings. The van der Waals surface area contributed by atoms with Gasteiger partial charge in [-0.1, -0.05) is 0 Å². The average Bonchev–Trinajstić information content (AvgIpc) is 2.47. The molecule has 2 aromatic rings. The summed E-state index contributed by atoms with van der Waals surface area (Å²) in [6, 6.07) is 13.8. The van der Waals surface area contributed by atoms with E-state index in [-0.39, 0.29) is 5.75 Å². The van der Waals surface area contributed by atoms with E-state index in [2.05, 4.69) is 4.99 Å². The smallest absolute Gasteiger partial charge is 0.124 e. The first-order valence-corrected chi connectivity index (χ1v) is 5.64. The van der Waals surface area contributed by atoms with E-state index in [1.165, 1.54) is 0 Å². The lowest BCUT2D eigenvalue weighted by Gasteiger charge is -2.02. The fourth-order valence-electron chi connectivity index (χ4n) is 1.53. The molecule has 4 heteroatoms. The number of aliphatic imine (C=N–C) groups is 1. The maximum Gasteiger partial charge on any atom is 0.124 e. The molecule has 0 aromatic heterocycles. The van der Waals surface area contributed by atoms with Gasteiger partial charge in [0.05, 0.1) is 24.4 Å². The van der Waals surface area contributed by atoms with Gasteiger partial charge in [-0.2, -0.15) is 5.26 Å². The summed E-state index contributed by atoms with van der Waals surface area (Å²) in [4.78, 5) is 4.24. The maximum atomic E-state index is 9.70. The number of rotatable bonds is 3. The zero-order valence-electron chi connectivity index (χ0n) is 10.4. The van der Waals surface area contributed by atoms with Gasteiger partial charge in [0.1, 0.15) is 11.5 Å². The molecule has 2 rings (SSSR count). The van der Waals surface area contributed by atoms with Crippen LogP contribution in [-0.2, 0) is 0 Å². The number of nitrogens with zero attached hydrogens (tertiary/aromatic N) is 2. The number of aromatic hydroxyl groups is 1. The number of hydrogen-bond acceptors (Lipinski definition) is 4. The van der Waals surface area contributed by atoms with Crippen LogP contribution in [0, 0.1) is 11.3 Å². The van der Waals surface area contributed by atoms with Crippen LogP contribution in [0.1, 0.15) is 11.1 Å². The standard InChI is InChI=1S/C15H12N2O2/c1-19-14-6-7-15(18)12(8-14)10-17-13-4-2-11(9-16)3-5-13/h2-8,10,18H,1H3.